The van der Waals surface area contributed by atoms with Crippen LogP contribution in [0.4, 0.5) is 4.39 Å². The van der Waals surface area contributed by atoms with Crippen molar-refractivity contribution in [2.75, 3.05) is 7.05 Å². The van der Waals surface area contributed by atoms with E-state index in [2.05, 4.69) is 35.1 Å². The maximum absolute atomic E-state index is 13.0. The second-order valence-corrected chi connectivity index (χ2v) is 4.90. The van der Waals surface area contributed by atoms with Crippen LogP contribution >= 0.6 is 15.9 Å². The summed E-state index contributed by atoms with van der Waals surface area (Å²) in [6, 6.07) is 4.78. The van der Waals surface area contributed by atoms with Gasteiger partial charge >= 0.3 is 0 Å². The van der Waals surface area contributed by atoms with Crippen LogP contribution in [-0.2, 0) is 6.42 Å². The number of benzene rings is 1. The number of nitrogens with one attached hydrogen (secondary N) is 1. The number of halogens is 2. The fraction of sp³-hybridized carbons (Fsp3) is 0.455. The van der Waals surface area contributed by atoms with Gasteiger partial charge in [-0.2, -0.15) is 0 Å². The van der Waals surface area contributed by atoms with Gasteiger partial charge in [0.25, 0.3) is 0 Å². The number of rotatable bonds is 3. The minimum Gasteiger partial charge on any atom is -0.314 e. The van der Waals surface area contributed by atoms with Crippen molar-refractivity contribution in [1.29, 1.82) is 0 Å². The molecule has 0 atom stereocenters. The highest BCUT2D eigenvalue weighted by molar-refractivity contribution is 9.10. The van der Waals surface area contributed by atoms with Crippen molar-refractivity contribution in [2.45, 2.75) is 25.8 Å². The molecule has 0 aromatic heterocycles. The van der Waals surface area contributed by atoms with E-state index in [9.17, 15) is 4.39 Å². The number of hydrogen-bond donors (Lipinski definition) is 1. The quantitative estimate of drug-likeness (QED) is 0.880. The van der Waals surface area contributed by atoms with Gasteiger partial charge in [-0.25, -0.2) is 4.39 Å². The van der Waals surface area contributed by atoms with E-state index >= 15 is 0 Å². The Kier molecular flexibility index (Phi) is 3.67. The zero-order valence-corrected chi connectivity index (χ0v) is 10.3. The van der Waals surface area contributed by atoms with Crippen LogP contribution in [-0.4, -0.2) is 12.6 Å². The molecule has 0 bridgehead atoms. The zero-order chi connectivity index (χ0) is 10.8. The molecule has 78 valence electrons. The first-order chi connectivity index (χ1) is 6.44. The van der Waals surface area contributed by atoms with Gasteiger partial charge in [-0.1, -0.05) is 15.9 Å². The van der Waals surface area contributed by atoms with E-state index in [4.69, 9.17) is 0 Å². The van der Waals surface area contributed by atoms with E-state index in [0.717, 1.165) is 16.5 Å². The molecule has 1 aromatic carbocycles. The summed E-state index contributed by atoms with van der Waals surface area (Å²) in [5.41, 5.74) is 0.973. The smallest absolute Gasteiger partial charge is 0.123 e. The van der Waals surface area contributed by atoms with Crippen LogP contribution in [0.25, 0.3) is 0 Å². The molecule has 0 aliphatic heterocycles. The molecule has 0 saturated heterocycles. The van der Waals surface area contributed by atoms with Crippen molar-refractivity contribution >= 4 is 15.9 Å². The number of hydrogen-bond acceptors (Lipinski definition) is 1. The molecule has 1 aromatic rings. The van der Waals surface area contributed by atoms with Gasteiger partial charge in [-0.05, 0) is 51.1 Å². The van der Waals surface area contributed by atoms with Gasteiger partial charge in [0.05, 0.1) is 0 Å². The Balaban J connectivity index is 2.91. The van der Waals surface area contributed by atoms with Crippen molar-refractivity contribution in [2.24, 2.45) is 0 Å². The molecule has 0 aliphatic carbocycles. The van der Waals surface area contributed by atoms with Gasteiger partial charge in [0.2, 0.25) is 0 Å². The monoisotopic (exact) mass is 259 g/mol. The summed E-state index contributed by atoms with van der Waals surface area (Å²) in [6.07, 6.45) is 0.793. The third kappa shape index (κ3) is 3.07. The van der Waals surface area contributed by atoms with Gasteiger partial charge in [0.15, 0.2) is 0 Å². The summed E-state index contributed by atoms with van der Waals surface area (Å²) in [5, 5.41) is 3.19. The molecule has 0 radical (unpaired) electrons. The molecule has 0 fully saturated rings. The van der Waals surface area contributed by atoms with Crippen LogP contribution in [0.5, 0.6) is 0 Å². The van der Waals surface area contributed by atoms with Crippen LogP contribution in [0.15, 0.2) is 22.7 Å². The van der Waals surface area contributed by atoms with Crippen molar-refractivity contribution < 1.29 is 4.39 Å². The molecule has 0 spiro atoms. The molecule has 14 heavy (non-hydrogen) atoms. The summed E-state index contributed by atoms with van der Waals surface area (Å²) in [4.78, 5) is 0. The normalized spacial score (nSPS) is 11.8. The van der Waals surface area contributed by atoms with Gasteiger partial charge in [0.1, 0.15) is 5.82 Å². The average Bonchev–Trinajstić information content (AvgIpc) is 2.11. The molecule has 1 N–H and O–H groups in total. The highest BCUT2D eigenvalue weighted by atomic mass is 79.9. The molecule has 1 rings (SSSR count). The Morgan fingerprint density at radius 1 is 1.43 bits per heavy atom. The average molecular weight is 260 g/mol. The summed E-state index contributed by atoms with van der Waals surface area (Å²) >= 11 is 3.42. The highest BCUT2D eigenvalue weighted by Gasteiger charge is 2.17. The zero-order valence-electron chi connectivity index (χ0n) is 8.70. The summed E-state index contributed by atoms with van der Waals surface area (Å²) < 4.78 is 13.9. The van der Waals surface area contributed by atoms with Crippen LogP contribution in [0, 0.1) is 5.82 Å². The van der Waals surface area contributed by atoms with Crippen LogP contribution in [0.2, 0.25) is 0 Å². The standard InChI is InChI=1S/C11H15BrFN/c1-11(2,14-3)7-8-6-9(13)4-5-10(8)12/h4-6,14H,7H2,1-3H3. The maximum atomic E-state index is 13.0. The molecule has 0 aliphatic rings. The van der Waals surface area contributed by atoms with E-state index in [0.29, 0.717) is 0 Å². The van der Waals surface area contributed by atoms with E-state index in [1.165, 1.54) is 6.07 Å². The Bertz CT molecular complexity index is 323. The fourth-order valence-electron chi connectivity index (χ4n) is 1.24. The third-order valence-corrected chi connectivity index (χ3v) is 3.09. The van der Waals surface area contributed by atoms with E-state index < -0.39 is 0 Å². The minimum atomic E-state index is -0.185. The largest absolute Gasteiger partial charge is 0.314 e. The van der Waals surface area contributed by atoms with Gasteiger partial charge < -0.3 is 5.32 Å². The van der Waals surface area contributed by atoms with Crippen molar-refractivity contribution in [1.82, 2.24) is 5.32 Å². The second kappa shape index (κ2) is 4.41. The molecule has 0 amide bonds. The van der Waals surface area contributed by atoms with Crippen molar-refractivity contribution in [3.05, 3.63) is 34.1 Å². The first kappa shape index (κ1) is 11.7. The molecule has 1 nitrogen and oxygen atoms in total. The molecule has 0 unspecified atom stereocenters. The molecule has 0 heterocycles. The third-order valence-electron chi connectivity index (χ3n) is 2.32. The Morgan fingerprint density at radius 3 is 2.64 bits per heavy atom. The Morgan fingerprint density at radius 2 is 2.07 bits per heavy atom. The molecule has 0 saturated carbocycles. The fourth-order valence-corrected chi connectivity index (χ4v) is 1.63. The topological polar surface area (TPSA) is 12.0 Å². The van der Waals surface area contributed by atoms with Crippen LogP contribution in [0.1, 0.15) is 19.4 Å². The van der Waals surface area contributed by atoms with E-state index in [-0.39, 0.29) is 11.4 Å². The Hall–Kier alpha value is -0.410. The highest BCUT2D eigenvalue weighted by Crippen LogP contribution is 2.22. The molecular formula is C11H15BrFN. The lowest BCUT2D eigenvalue weighted by Gasteiger charge is -2.24. The van der Waals surface area contributed by atoms with Crippen LogP contribution < -0.4 is 5.32 Å². The first-order valence-corrected chi connectivity index (χ1v) is 5.37. The second-order valence-electron chi connectivity index (χ2n) is 4.05. The summed E-state index contributed by atoms with van der Waals surface area (Å²) in [5.74, 6) is -0.185. The van der Waals surface area contributed by atoms with Crippen LogP contribution in [0.3, 0.4) is 0 Å². The van der Waals surface area contributed by atoms with Crippen molar-refractivity contribution in [3.63, 3.8) is 0 Å². The lowest BCUT2D eigenvalue weighted by Crippen LogP contribution is -2.38. The van der Waals surface area contributed by atoms with Gasteiger partial charge in [-0.15, -0.1) is 0 Å². The maximum Gasteiger partial charge on any atom is 0.123 e. The predicted molar refractivity (Wildman–Crippen MR) is 60.9 cm³/mol. The summed E-state index contributed by atoms with van der Waals surface area (Å²) in [6.45, 7) is 4.18. The van der Waals surface area contributed by atoms with Crippen molar-refractivity contribution in [3.8, 4) is 0 Å². The number of likely N-dealkylation sites (N-methyl/N-ethyl adjacent to an activating group) is 1. The molecule has 3 heteroatoms. The predicted octanol–water partition coefficient (Wildman–Crippen LogP) is 3.13. The Labute approximate surface area is 92.8 Å². The minimum absolute atomic E-state index is 0.0175. The SMILES string of the molecule is CNC(C)(C)Cc1cc(F)ccc1Br. The van der Waals surface area contributed by atoms with Gasteiger partial charge in [0, 0.05) is 10.0 Å². The lowest BCUT2D eigenvalue weighted by molar-refractivity contribution is 0.420. The lowest BCUT2D eigenvalue weighted by atomic mass is 9.95. The summed E-state index contributed by atoms with van der Waals surface area (Å²) in [7, 11) is 1.91. The molecular weight excluding hydrogens is 245 g/mol. The van der Waals surface area contributed by atoms with Gasteiger partial charge in [-0.3, -0.25) is 0 Å². The van der Waals surface area contributed by atoms with E-state index in [1.807, 2.05) is 7.05 Å². The van der Waals surface area contributed by atoms with E-state index in [1.54, 1.807) is 12.1 Å². The first-order valence-electron chi connectivity index (χ1n) is 4.57.